The van der Waals surface area contributed by atoms with Gasteiger partial charge in [-0.05, 0) is 74.1 Å². The number of nitrogens with zero attached hydrogens (tertiary/aromatic N) is 1. The number of hydrogen-bond acceptors (Lipinski definition) is 6. The maximum absolute atomic E-state index is 15.4. The van der Waals surface area contributed by atoms with Gasteiger partial charge in [0.05, 0.1) is 12.7 Å². The molecule has 0 saturated carbocycles. The summed E-state index contributed by atoms with van der Waals surface area (Å²) in [5, 5.41) is 15.1. The number of carbonyl (C=O) groups is 2. The molecule has 0 spiro atoms. The van der Waals surface area contributed by atoms with Gasteiger partial charge in [-0.3, -0.25) is 4.79 Å². The number of aryl methyl sites for hydroxylation is 1. The smallest absolute Gasteiger partial charge is 0.406 e. The van der Waals surface area contributed by atoms with Crippen LogP contribution < -0.4 is 15.8 Å². The molecule has 3 aromatic carbocycles. The number of likely N-dealkylation sites (tertiary alicyclic amines) is 1. The molecule has 1 aliphatic heterocycles. The van der Waals surface area contributed by atoms with Crippen LogP contribution in [0.2, 0.25) is 0 Å². The van der Waals surface area contributed by atoms with Gasteiger partial charge in [0, 0.05) is 43.2 Å². The van der Waals surface area contributed by atoms with E-state index in [1.807, 2.05) is 31.2 Å². The van der Waals surface area contributed by atoms with Gasteiger partial charge in [-0.25, -0.2) is 9.18 Å². The second-order valence-electron chi connectivity index (χ2n) is 10.5. The van der Waals surface area contributed by atoms with Crippen LogP contribution in [0.15, 0.2) is 66.7 Å². The van der Waals surface area contributed by atoms with Gasteiger partial charge in [0.25, 0.3) is 5.91 Å². The Bertz CT molecular complexity index is 1350. The number of alkyl carbamates (subject to hydrolysis) is 1. The minimum absolute atomic E-state index is 0.0534. The van der Waals surface area contributed by atoms with Crippen molar-refractivity contribution < 1.29 is 28.6 Å². The fourth-order valence-electron chi connectivity index (χ4n) is 5.45. The summed E-state index contributed by atoms with van der Waals surface area (Å²) in [7, 11) is 1.28. The van der Waals surface area contributed by atoms with Crippen molar-refractivity contribution in [3.8, 4) is 11.5 Å². The first kappa shape index (κ1) is 30.0. The molecule has 2 amide bonds. The van der Waals surface area contributed by atoms with Gasteiger partial charge in [0.1, 0.15) is 5.75 Å². The summed E-state index contributed by atoms with van der Waals surface area (Å²) in [6.07, 6.45) is 1.30. The number of para-hydroxylation sites is 1. The predicted octanol–water partition coefficient (Wildman–Crippen LogP) is 5.26. The normalized spacial score (nSPS) is 16.5. The molecular formula is C32H38FN3O5. The Balaban J connectivity index is 1.66. The number of nitrogens with two attached hydrogens (primary N) is 1. The zero-order valence-electron chi connectivity index (χ0n) is 23.6. The Hall–Kier alpha value is -3.95. The van der Waals surface area contributed by atoms with Gasteiger partial charge in [-0.2, -0.15) is 0 Å². The molecule has 1 fully saturated rings. The maximum Gasteiger partial charge on any atom is 0.406 e. The molecule has 9 heteroatoms. The highest BCUT2D eigenvalue weighted by Crippen LogP contribution is 2.45. The number of aliphatic hydroxyl groups is 1. The van der Waals surface area contributed by atoms with Crippen LogP contribution >= 0.6 is 0 Å². The maximum atomic E-state index is 15.4. The molecule has 0 radical (unpaired) electrons. The van der Waals surface area contributed by atoms with E-state index in [-0.39, 0.29) is 31.2 Å². The fourth-order valence-corrected chi connectivity index (χ4v) is 5.45. The highest BCUT2D eigenvalue weighted by molar-refractivity contribution is 5.94. The minimum atomic E-state index is -1.55. The number of hydrogen-bond donors (Lipinski definition) is 3. The van der Waals surface area contributed by atoms with Crippen LogP contribution in [0.25, 0.3) is 0 Å². The highest BCUT2D eigenvalue weighted by atomic mass is 19.1. The summed E-state index contributed by atoms with van der Waals surface area (Å²) in [5.74, 6) is -0.750. The number of amides is 2. The van der Waals surface area contributed by atoms with Crippen LogP contribution in [-0.2, 0) is 16.9 Å². The van der Waals surface area contributed by atoms with Crippen molar-refractivity contribution in [2.75, 3.05) is 26.7 Å². The Morgan fingerprint density at radius 3 is 2.61 bits per heavy atom. The van der Waals surface area contributed by atoms with E-state index >= 15 is 4.39 Å². The number of methoxy groups -OCH3 is 1. The average Bonchev–Trinajstić information content (AvgIpc) is 2.99. The predicted molar refractivity (Wildman–Crippen MR) is 154 cm³/mol. The van der Waals surface area contributed by atoms with E-state index < -0.39 is 23.4 Å². The Morgan fingerprint density at radius 1 is 1.15 bits per heavy atom. The molecule has 0 aromatic heterocycles. The van der Waals surface area contributed by atoms with Gasteiger partial charge < -0.3 is 30.5 Å². The third-order valence-corrected chi connectivity index (χ3v) is 7.65. The van der Waals surface area contributed by atoms with E-state index in [1.54, 1.807) is 41.3 Å². The van der Waals surface area contributed by atoms with E-state index in [0.717, 1.165) is 11.1 Å². The molecule has 218 valence electrons. The number of halogens is 1. The van der Waals surface area contributed by atoms with E-state index in [9.17, 15) is 14.7 Å². The fraction of sp³-hybridized carbons (Fsp3) is 0.375. The van der Waals surface area contributed by atoms with Crippen LogP contribution in [0.4, 0.5) is 9.18 Å². The molecule has 1 heterocycles. The van der Waals surface area contributed by atoms with E-state index in [1.165, 1.54) is 13.2 Å². The summed E-state index contributed by atoms with van der Waals surface area (Å²) in [4.78, 5) is 26.8. The van der Waals surface area contributed by atoms with Crippen molar-refractivity contribution in [3.05, 3.63) is 94.8 Å². The lowest BCUT2D eigenvalue weighted by atomic mass is 9.73. The highest BCUT2D eigenvalue weighted by Gasteiger charge is 2.43. The van der Waals surface area contributed by atoms with Gasteiger partial charge in [-0.15, -0.1) is 0 Å². The summed E-state index contributed by atoms with van der Waals surface area (Å²) >= 11 is 0. The Kier molecular flexibility index (Phi) is 9.96. The number of piperidine rings is 1. The molecule has 0 bridgehead atoms. The summed E-state index contributed by atoms with van der Waals surface area (Å²) in [6, 6.07) is 19.0. The largest absolute Gasteiger partial charge is 0.454 e. The quantitative estimate of drug-likeness (QED) is 0.290. The first-order valence-corrected chi connectivity index (χ1v) is 13.9. The number of carbonyl (C=O) groups excluding carboxylic acids is 2. The lowest BCUT2D eigenvalue weighted by Crippen LogP contribution is -2.48. The summed E-state index contributed by atoms with van der Waals surface area (Å²) in [6.45, 7) is 3.37. The van der Waals surface area contributed by atoms with E-state index in [4.69, 9.17) is 10.5 Å². The molecule has 41 heavy (non-hydrogen) atoms. The number of nitrogens with one attached hydrogen (secondary N) is 1. The Labute approximate surface area is 240 Å². The standard InChI is InChI=1S/C32H38FN3O5/c1-22-7-3-9-26(19-22)41-29-27(10-4-11-28(29)33)32(39,16-6-17-35-31(38)40-2)25-8-5-18-36(21-25)30(37)24-14-12-23(20-34)13-15-24/h3-4,7,9-15,19,25,39H,5-6,8,16-18,20-21,34H2,1-2H3,(H,35,38)/t25-,32+/m1/s1. The van der Waals surface area contributed by atoms with Crippen LogP contribution in [0.1, 0.15) is 52.7 Å². The number of benzene rings is 3. The first-order valence-electron chi connectivity index (χ1n) is 13.9. The average molecular weight is 564 g/mol. The molecule has 8 nitrogen and oxygen atoms in total. The molecule has 2 atom stereocenters. The molecular weight excluding hydrogens is 525 g/mol. The topological polar surface area (TPSA) is 114 Å². The first-order chi connectivity index (χ1) is 19.7. The molecule has 4 rings (SSSR count). The van der Waals surface area contributed by atoms with Crippen LogP contribution in [0.5, 0.6) is 11.5 Å². The van der Waals surface area contributed by atoms with Gasteiger partial charge >= 0.3 is 6.09 Å². The lowest BCUT2D eigenvalue weighted by Gasteiger charge is -2.43. The molecule has 4 N–H and O–H groups in total. The lowest BCUT2D eigenvalue weighted by molar-refractivity contribution is -0.0581. The van der Waals surface area contributed by atoms with Crippen LogP contribution in [0.3, 0.4) is 0 Å². The van der Waals surface area contributed by atoms with Crippen molar-refractivity contribution in [2.45, 2.75) is 44.8 Å². The van der Waals surface area contributed by atoms with E-state index in [2.05, 4.69) is 10.1 Å². The molecule has 1 aliphatic rings. The van der Waals surface area contributed by atoms with Gasteiger partial charge in [-0.1, -0.05) is 36.4 Å². The second kappa shape index (κ2) is 13.6. The third-order valence-electron chi connectivity index (χ3n) is 7.65. The summed E-state index contributed by atoms with van der Waals surface area (Å²) < 4.78 is 26.1. The van der Waals surface area contributed by atoms with Crippen LogP contribution in [-0.4, -0.2) is 48.8 Å². The van der Waals surface area contributed by atoms with Crippen molar-refractivity contribution >= 4 is 12.0 Å². The zero-order chi connectivity index (χ0) is 29.4. The summed E-state index contributed by atoms with van der Waals surface area (Å²) in [5.41, 5.74) is 6.88. The van der Waals surface area contributed by atoms with E-state index in [0.29, 0.717) is 49.2 Å². The van der Waals surface area contributed by atoms with Crippen molar-refractivity contribution in [3.63, 3.8) is 0 Å². The molecule has 1 saturated heterocycles. The van der Waals surface area contributed by atoms with Crippen molar-refractivity contribution in [2.24, 2.45) is 11.7 Å². The SMILES string of the molecule is COC(=O)NCCC[C@@](O)(c1cccc(F)c1Oc1cccc(C)c1)[C@@H]1CCCN(C(=O)c2ccc(CN)cc2)C1. The minimum Gasteiger partial charge on any atom is -0.454 e. The molecule has 0 aliphatic carbocycles. The monoisotopic (exact) mass is 563 g/mol. The van der Waals surface area contributed by atoms with Gasteiger partial charge in [0.2, 0.25) is 0 Å². The number of ether oxygens (including phenoxy) is 2. The second-order valence-corrected chi connectivity index (χ2v) is 10.5. The molecule has 3 aromatic rings. The Morgan fingerprint density at radius 2 is 1.90 bits per heavy atom. The zero-order valence-corrected chi connectivity index (χ0v) is 23.6. The van der Waals surface area contributed by atoms with Gasteiger partial charge in [0.15, 0.2) is 11.6 Å². The third kappa shape index (κ3) is 7.23. The molecule has 0 unspecified atom stereocenters. The van der Waals surface area contributed by atoms with Crippen molar-refractivity contribution in [1.82, 2.24) is 10.2 Å². The van der Waals surface area contributed by atoms with Crippen molar-refractivity contribution in [1.29, 1.82) is 0 Å². The number of rotatable bonds is 10. The van der Waals surface area contributed by atoms with Crippen LogP contribution in [0, 0.1) is 18.7 Å².